The van der Waals surface area contributed by atoms with E-state index in [0.717, 1.165) is 5.56 Å². The van der Waals surface area contributed by atoms with Gasteiger partial charge >= 0.3 is 5.97 Å². The Labute approximate surface area is 141 Å². The number of methoxy groups -OCH3 is 1. The van der Waals surface area contributed by atoms with Crippen LogP contribution in [-0.2, 0) is 16.1 Å². The maximum absolute atomic E-state index is 12.3. The van der Waals surface area contributed by atoms with E-state index < -0.39 is 17.9 Å². The molecule has 128 valence electrons. The van der Waals surface area contributed by atoms with Crippen LogP contribution in [0.2, 0.25) is 0 Å². The van der Waals surface area contributed by atoms with Gasteiger partial charge in [-0.1, -0.05) is 49.4 Å². The van der Waals surface area contributed by atoms with E-state index in [1.807, 2.05) is 44.2 Å². The number of benzene rings is 1. The van der Waals surface area contributed by atoms with Crippen molar-refractivity contribution in [3.05, 3.63) is 47.8 Å². The topological polar surface area (TPSA) is 86.1 Å². The normalized spacial score (nSPS) is 12.0. The lowest BCUT2D eigenvalue weighted by Gasteiger charge is -2.17. The van der Waals surface area contributed by atoms with Gasteiger partial charge in [0.1, 0.15) is 6.04 Å². The number of hydrogen-bond acceptors (Lipinski definition) is 5. The lowest BCUT2D eigenvalue weighted by Crippen LogP contribution is -2.42. The van der Waals surface area contributed by atoms with E-state index >= 15 is 0 Å². The standard InChI is InChI=1S/C17H22N4O3/c1-12(2)9-14(17(23)24-3)18-16(22)15-11-21(20-19-15)10-13-7-5-4-6-8-13/h4-8,11-12,14H,9-10H2,1-3H3,(H,18,22). The lowest BCUT2D eigenvalue weighted by atomic mass is 10.0. The van der Waals surface area contributed by atoms with Gasteiger partial charge in [0, 0.05) is 0 Å². The van der Waals surface area contributed by atoms with Crippen LogP contribution in [0.15, 0.2) is 36.5 Å². The number of nitrogens with zero attached hydrogens (tertiary/aromatic N) is 3. The summed E-state index contributed by atoms with van der Waals surface area (Å²) in [5.41, 5.74) is 1.23. The summed E-state index contributed by atoms with van der Waals surface area (Å²) in [5, 5.41) is 10.5. The summed E-state index contributed by atoms with van der Waals surface area (Å²) in [7, 11) is 1.30. The Morgan fingerprint density at radius 3 is 2.58 bits per heavy atom. The van der Waals surface area contributed by atoms with Gasteiger partial charge in [0.25, 0.3) is 5.91 Å². The fraction of sp³-hybridized carbons (Fsp3) is 0.412. The molecule has 0 saturated heterocycles. The van der Waals surface area contributed by atoms with Crippen LogP contribution in [-0.4, -0.2) is 40.0 Å². The molecule has 2 rings (SSSR count). The second-order valence-corrected chi connectivity index (χ2v) is 5.97. The van der Waals surface area contributed by atoms with Crippen LogP contribution in [0.1, 0.15) is 36.3 Å². The Morgan fingerprint density at radius 2 is 1.96 bits per heavy atom. The number of amides is 1. The molecule has 1 N–H and O–H groups in total. The number of rotatable bonds is 7. The first-order valence-corrected chi connectivity index (χ1v) is 7.82. The van der Waals surface area contributed by atoms with Crippen LogP contribution >= 0.6 is 0 Å². The first-order chi connectivity index (χ1) is 11.5. The molecule has 0 bridgehead atoms. The summed E-state index contributed by atoms with van der Waals surface area (Å²) in [5.74, 6) is -0.665. The first-order valence-electron chi connectivity index (χ1n) is 7.82. The lowest BCUT2D eigenvalue weighted by molar-refractivity contribution is -0.143. The van der Waals surface area contributed by atoms with Crippen LogP contribution in [0.25, 0.3) is 0 Å². The fourth-order valence-electron chi connectivity index (χ4n) is 2.31. The maximum Gasteiger partial charge on any atom is 0.328 e. The quantitative estimate of drug-likeness (QED) is 0.780. The molecule has 0 fully saturated rings. The molecular formula is C17H22N4O3. The van der Waals surface area contributed by atoms with Crippen molar-refractivity contribution in [2.45, 2.75) is 32.9 Å². The van der Waals surface area contributed by atoms with Crippen LogP contribution in [0.5, 0.6) is 0 Å². The van der Waals surface area contributed by atoms with Gasteiger partial charge in [0.05, 0.1) is 19.9 Å². The minimum Gasteiger partial charge on any atom is -0.467 e. The average Bonchev–Trinajstić information content (AvgIpc) is 3.02. The highest BCUT2D eigenvalue weighted by atomic mass is 16.5. The fourth-order valence-corrected chi connectivity index (χ4v) is 2.31. The van der Waals surface area contributed by atoms with Crippen LogP contribution in [0.3, 0.4) is 0 Å². The van der Waals surface area contributed by atoms with Gasteiger partial charge in [-0.3, -0.25) is 4.79 Å². The van der Waals surface area contributed by atoms with Gasteiger partial charge in [0.2, 0.25) is 0 Å². The maximum atomic E-state index is 12.3. The molecule has 1 unspecified atom stereocenters. The van der Waals surface area contributed by atoms with Crippen molar-refractivity contribution >= 4 is 11.9 Å². The SMILES string of the molecule is COC(=O)C(CC(C)C)NC(=O)c1cn(Cc2ccccc2)nn1. The molecular weight excluding hydrogens is 308 g/mol. The second-order valence-electron chi connectivity index (χ2n) is 5.97. The number of carbonyl (C=O) groups excluding carboxylic acids is 2. The van der Waals surface area contributed by atoms with E-state index in [9.17, 15) is 9.59 Å². The zero-order valence-corrected chi connectivity index (χ0v) is 14.1. The Hall–Kier alpha value is -2.70. The third kappa shape index (κ3) is 4.91. The monoisotopic (exact) mass is 330 g/mol. The van der Waals surface area contributed by atoms with Crippen molar-refractivity contribution in [2.24, 2.45) is 5.92 Å². The highest BCUT2D eigenvalue weighted by Crippen LogP contribution is 2.08. The molecule has 1 atom stereocenters. The van der Waals surface area contributed by atoms with Crippen molar-refractivity contribution in [1.82, 2.24) is 20.3 Å². The Balaban J connectivity index is 2.02. The average molecular weight is 330 g/mol. The largest absolute Gasteiger partial charge is 0.467 e. The summed E-state index contributed by atoms with van der Waals surface area (Å²) in [6.07, 6.45) is 2.06. The smallest absolute Gasteiger partial charge is 0.328 e. The number of nitrogens with one attached hydrogen (secondary N) is 1. The minimum absolute atomic E-state index is 0.170. The van der Waals surface area contributed by atoms with E-state index in [2.05, 4.69) is 15.6 Å². The predicted molar refractivity (Wildman–Crippen MR) is 88.3 cm³/mol. The molecule has 0 aliphatic rings. The molecule has 1 aromatic carbocycles. The van der Waals surface area contributed by atoms with Gasteiger partial charge in [-0.25, -0.2) is 9.48 Å². The zero-order valence-electron chi connectivity index (χ0n) is 14.1. The van der Waals surface area contributed by atoms with Crippen molar-refractivity contribution in [3.8, 4) is 0 Å². The van der Waals surface area contributed by atoms with Gasteiger partial charge in [-0.05, 0) is 17.9 Å². The van der Waals surface area contributed by atoms with Gasteiger partial charge in [0.15, 0.2) is 5.69 Å². The van der Waals surface area contributed by atoms with E-state index in [-0.39, 0.29) is 11.6 Å². The Kier molecular flexibility index (Phi) is 6.06. The molecule has 2 aromatic rings. The molecule has 1 amide bonds. The number of esters is 1. The summed E-state index contributed by atoms with van der Waals surface area (Å²) in [4.78, 5) is 24.1. The Morgan fingerprint density at radius 1 is 1.25 bits per heavy atom. The molecule has 0 saturated carbocycles. The molecule has 1 aromatic heterocycles. The predicted octanol–water partition coefficient (Wildman–Crippen LogP) is 1.64. The minimum atomic E-state index is -0.693. The number of ether oxygens (including phenoxy) is 1. The Bertz CT molecular complexity index is 682. The summed E-state index contributed by atoms with van der Waals surface area (Å²) in [6, 6.07) is 9.06. The summed E-state index contributed by atoms with van der Waals surface area (Å²) in [6.45, 7) is 4.46. The van der Waals surface area contributed by atoms with Crippen molar-refractivity contribution in [1.29, 1.82) is 0 Å². The molecule has 0 aliphatic heterocycles. The van der Waals surface area contributed by atoms with Crippen LogP contribution in [0.4, 0.5) is 0 Å². The van der Waals surface area contributed by atoms with Crippen LogP contribution in [0, 0.1) is 5.92 Å². The zero-order chi connectivity index (χ0) is 17.5. The third-order valence-electron chi connectivity index (χ3n) is 3.46. The van der Waals surface area contributed by atoms with E-state index in [1.54, 1.807) is 10.9 Å². The highest BCUT2D eigenvalue weighted by Gasteiger charge is 2.24. The van der Waals surface area contributed by atoms with Crippen molar-refractivity contribution < 1.29 is 14.3 Å². The van der Waals surface area contributed by atoms with Gasteiger partial charge < -0.3 is 10.1 Å². The second kappa shape index (κ2) is 8.24. The molecule has 7 heteroatoms. The molecule has 0 aliphatic carbocycles. The highest BCUT2D eigenvalue weighted by molar-refractivity contribution is 5.94. The number of aromatic nitrogens is 3. The van der Waals surface area contributed by atoms with E-state index in [0.29, 0.717) is 13.0 Å². The van der Waals surface area contributed by atoms with Gasteiger partial charge in [-0.15, -0.1) is 5.10 Å². The summed E-state index contributed by atoms with van der Waals surface area (Å²) < 4.78 is 6.32. The number of carbonyl (C=O) groups is 2. The van der Waals surface area contributed by atoms with Crippen molar-refractivity contribution in [3.63, 3.8) is 0 Å². The molecule has 1 heterocycles. The molecule has 7 nitrogen and oxygen atoms in total. The third-order valence-corrected chi connectivity index (χ3v) is 3.46. The van der Waals surface area contributed by atoms with E-state index in [1.165, 1.54) is 7.11 Å². The van der Waals surface area contributed by atoms with E-state index in [4.69, 9.17) is 4.74 Å². The first kappa shape index (κ1) is 17.7. The van der Waals surface area contributed by atoms with Gasteiger partial charge in [-0.2, -0.15) is 0 Å². The molecule has 0 spiro atoms. The molecule has 24 heavy (non-hydrogen) atoms. The van der Waals surface area contributed by atoms with Crippen LogP contribution < -0.4 is 5.32 Å². The number of hydrogen-bond donors (Lipinski definition) is 1. The summed E-state index contributed by atoms with van der Waals surface area (Å²) >= 11 is 0. The van der Waals surface area contributed by atoms with Crippen molar-refractivity contribution in [2.75, 3.05) is 7.11 Å². The molecule has 0 radical (unpaired) electrons.